The lowest BCUT2D eigenvalue weighted by atomic mass is 10.1. The molecule has 0 aliphatic carbocycles. The number of aromatic nitrogens is 1. The van der Waals surface area contributed by atoms with Gasteiger partial charge in [0, 0.05) is 4.47 Å². The molecule has 0 bridgehead atoms. The second kappa shape index (κ2) is 6.30. The number of halogens is 2. The average molecular weight is 384 g/mol. The van der Waals surface area contributed by atoms with Crippen LogP contribution in [0, 0.1) is 6.92 Å². The summed E-state index contributed by atoms with van der Waals surface area (Å²) >= 11 is 6.72. The quantitative estimate of drug-likeness (QED) is 0.810. The van der Waals surface area contributed by atoms with Crippen LogP contribution in [0.25, 0.3) is 0 Å². The van der Waals surface area contributed by atoms with Gasteiger partial charge in [-0.3, -0.25) is 4.79 Å². The Morgan fingerprint density at radius 1 is 1.32 bits per heavy atom. The van der Waals surface area contributed by atoms with Crippen LogP contribution >= 0.6 is 31.9 Å². The summed E-state index contributed by atoms with van der Waals surface area (Å²) in [7, 11) is 0. The summed E-state index contributed by atoms with van der Waals surface area (Å²) in [6.07, 6.45) is 1.98. The third-order valence-corrected chi connectivity index (χ3v) is 3.88. The third-order valence-electron chi connectivity index (χ3n) is 2.55. The van der Waals surface area contributed by atoms with E-state index in [4.69, 9.17) is 0 Å². The second-order valence-corrected chi connectivity index (χ2v) is 5.85. The van der Waals surface area contributed by atoms with Crippen molar-refractivity contribution >= 4 is 43.5 Å². The van der Waals surface area contributed by atoms with Crippen LogP contribution in [0.15, 0.2) is 45.6 Å². The molecule has 1 heterocycles. The van der Waals surface area contributed by atoms with E-state index in [9.17, 15) is 4.79 Å². The normalized spacial score (nSPS) is 10.3. The molecule has 0 aliphatic heterocycles. The topological polar surface area (TPSA) is 42.0 Å². The molecule has 0 saturated heterocycles. The summed E-state index contributed by atoms with van der Waals surface area (Å²) in [5, 5.41) is 2.84. The van der Waals surface area contributed by atoms with Crippen LogP contribution in [0.3, 0.4) is 0 Å². The van der Waals surface area contributed by atoms with Crippen molar-refractivity contribution in [1.82, 2.24) is 4.98 Å². The van der Waals surface area contributed by atoms with Gasteiger partial charge in [0.2, 0.25) is 5.91 Å². The van der Waals surface area contributed by atoms with Crippen molar-refractivity contribution in [2.24, 2.45) is 0 Å². The van der Waals surface area contributed by atoms with Gasteiger partial charge >= 0.3 is 0 Å². The second-order valence-electron chi connectivity index (χ2n) is 4.19. The largest absolute Gasteiger partial charge is 0.324 e. The molecule has 0 aliphatic rings. The van der Waals surface area contributed by atoms with Crippen molar-refractivity contribution in [3.63, 3.8) is 0 Å². The lowest BCUT2D eigenvalue weighted by Crippen LogP contribution is -2.14. The van der Waals surface area contributed by atoms with Gasteiger partial charge in [-0.15, -0.1) is 0 Å². The van der Waals surface area contributed by atoms with Gasteiger partial charge in [0.05, 0.1) is 18.3 Å². The Morgan fingerprint density at radius 2 is 2.11 bits per heavy atom. The molecule has 0 atom stereocenters. The van der Waals surface area contributed by atoms with Gasteiger partial charge < -0.3 is 5.32 Å². The Bertz CT molecular complexity index is 614. The maximum atomic E-state index is 11.9. The van der Waals surface area contributed by atoms with Crippen molar-refractivity contribution in [2.45, 2.75) is 13.3 Å². The molecule has 2 aromatic rings. The summed E-state index contributed by atoms with van der Waals surface area (Å²) in [5.74, 6) is -0.0541. The number of nitrogens with zero attached hydrogens (tertiary/aromatic N) is 1. The highest BCUT2D eigenvalue weighted by Crippen LogP contribution is 2.17. The van der Waals surface area contributed by atoms with Crippen LogP contribution in [0.1, 0.15) is 11.1 Å². The highest BCUT2D eigenvalue weighted by molar-refractivity contribution is 9.10. The van der Waals surface area contributed by atoms with Crippen LogP contribution in [0.4, 0.5) is 5.69 Å². The number of carbonyl (C=O) groups is 1. The number of pyridine rings is 1. The zero-order valence-electron chi connectivity index (χ0n) is 10.3. The minimum atomic E-state index is -0.0541. The first-order chi connectivity index (χ1) is 9.04. The van der Waals surface area contributed by atoms with Gasteiger partial charge in [0.15, 0.2) is 0 Å². The fourth-order valence-electron chi connectivity index (χ4n) is 1.66. The van der Waals surface area contributed by atoms with Crippen LogP contribution in [0.5, 0.6) is 0 Å². The molecule has 1 aromatic carbocycles. The monoisotopic (exact) mass is 382 g/mol. The summed E-state index contributed by atoms with van der Waals surface area (Å²) in [6, 6.07) is 9.59. The molecule has 1 N–H and O–H groups in total. The Labute approximate surface area is 128 Å². The SMILES string of the molecule is Cc1cc(NC(=O)Cc2cccc(Br)c2)cnc1Br. The molecule has 0 radical (unpaired) electrons. The molecule has 98 valence electrons. The molecule has 0 saturated carbocycles. The highest BCUT2D eigenvalue weighted by Gasteiger charge is 2.06. The molecule has 0 fully saturated rings. The van der Waals surface area contributed by atoms with Gasteiger partial charge in [-0.2, -0.15) is 0 Å². The predicted octanol–water partition coefficient (Wildman–Crippen LogP) is 4.10. The number of hydrogen-bond acceptors (Lipinski definition) is 2. The van der Waals surface area contributed by atoms with E-state index in [0.29, 0.717) is 12.1 Å². The maximum Gasteiger partial charge on any atom is 0.228 e. The molecular formula is C14H12Br2N2O. The van der Waals surface area contributed by atoms with E-state index in [1.54, 1.807) is 6.20 Å². The smallest absolute Gasteiger partial charge is 0.228 e. The maximum absolute atomic E-state index is 11.9. The zero-order chi connectivity index (χ0) is 13.8. The van der Waals surface area contributed by atoms with Crippen molar-refractivity contribution in [1.29, 1.82) is 0 Å². The molecular weight excluding hydrogens is 372 g/mol. The lowest BCUT2D eigenvalue weighted by molar-refractivity contribution is -0.115. The van der Waals surface area contributed by atoms with Crippen molar-refractivity contribution in [3.8, 4) is 0 Å². The first kappa shape index (κ1) is 14.2. The van der Waals surface area contributed by atoms with E-state index in [-0.39, 0.29) is 5.91 Å². The van der Waals surface area contributed by atoms with Gasteiger partial charge in [0.25, 0.3) is 0 Å². The van der Waals surface area contributed by atoms with Gasteiger partial charge in [-0.05, 0) is 52.2 Å². The molecule has 2 rings (SSSR count). The Hall–Kier alpha value is -1.20. The Kier molecular flexibility index (Phi) is 4.71. The summed E-state index contributed by atoms with van der Waals surface area (Å²) < 4.78 is 1.76. The number of nitrogens with one attached hydrogen (secondary N) is 1. The zero-order valence-corrected chi connectivity index (χ0v) is 13.5. The van der Waals surface area contributed by atoms with Crippen LogP contribution < -0.4 is 5.32 Å². The van der Waals surface area contributed by atoms with Gasteiger partial charge in [-0.1, -0.05) is 28.1 Å². The van der Waals surface area contributed by atoms with Crippen LogP contribution in [-0.4, -0.2) is 10.9 Å². The standard InChI is InChI=1S/C14H12Br2N2O/c1-9-5-12(8-17-14(9)16)18-13(19)7-10-3-2-4-11(15)6-10/h2-6,8H,7H2,1H3,(H,18,19). The van der Waals surface area contributed by atoms with E-state index in [0.717, 1.165) is 20.2 Å². The lowest BCUT2D eigenvalue weighted by Gasteiger charge is -2.07. The third kappa shape index (κ3) is 4.14. The summed E-state index contributed by atoms with van der Waals surface area (Å²) in [4.78, 5) is 16.1. The van der Waals surface area contributed by atoms with E-state index >= 15 is 0 Å². The minimum absolute atomic E-state index is 0.0541. The average Bonchev–Trinajstić information content (AvgIpc) is 2.34. The van der Waals surface area contributed by atoms with E-state index < -0.39 is 0 Å². The van der Waals surface area contributed by atoms with Crippen molar-refractivity contribution in [2.75, 3.05) is 5.32 Å². The van der Waals surface area contributed by atoms with Crippen molar-refractivity contribution in [3.05, 3.63) is 56.7 Å². The number of hydrogen-bond donors (Lipinski definition) is 1. The molecule has 1 aromatic heterocycles. The molecule has 19 heavy (non-hydrogen) atoms. The predicted molar refractivity (Wildman–Crippen MR) is 83.1 cm³/mol. The van der Waals surface area contributed by atoms with Crippen LogP contribution in [-0.2, 0) is 11.2 Å². The molecule has 3 nitrogen and oxygen atoms in total. The van der Waals surface area contributed by atoms with Gasteiger partial charge in [-0.25, -0.2) is 4.98 Å². The van der Waals surface area contributed by atoms with Crippen LogP contribution in [0.2, 0.25) is 0 Å². The number of amides is 1. The number of carbonyl (C=O) groups excluding carboxylic acids is 1. The number of anilines is 1. The minimum Gasteiger partial charge on any atom is -0.324 e. The van der Waals surface area contributed by atoms with E-state index in [1.807, 2.05) is 37.3 Å². The number of aryl methyl sites for hydroxylation is 1. The highest BCUT2D eigenvalue weighted by atomic mass is 79.9. The van der Waals surface area contributed by atoms with Gasteiger partial charge in [0.1, 0.15) is 4.60 Å². The molecule has 5 heteroatoms. The fourth-order valence-corrected chi connectivity index (χ4v) is 2.33. The summed E-state index contributed by atoms with van der Waals surface area (Å²) in [6.45, 7) is 1.93. The fraction of sp³-hybridized carbons (Fsp3) is 0.143. The Morgan fingerprint density at radius 3 is 2.79 bits per heavy atom. The van der Waals surface area contributed by atoms with E-state index in [1.165, 1.54) is 0 Å². The van der Waals surface area contributed by atoms with E-state index in [2.05, 4.69) is 42.2 Å². The molecule has 1 amide bonds. The number of rotatable bonds is 3. The molecule has 0 spiro atoms. The first-order valence-electron chi connectivity index (χ1n) is 5.71. The summed E-state index contributed by atoms with van der Waals surface area (Å²) in [5.41, 5.74) is 2.66. The number of benzene rings is 1. The Balaban J connectivity index is 2.03. The van der Waals surface area contributed by atoms with Crippen molar-refractivity contribution < 1.29 is 4.79 Å². The molecule has 0 unspecified atom stereocenters. The first-order valence-corrected chi connectivity index (χ1v) is 7.29.